The highest BCUT2D eigenvalue weighted by Gasteiger charge is 2.28. The Labute approximate surface area is 167 Å². The van der Waals surface area contributed by atoms with E-state index in [-0.39, 0.29) is 5.56 Å². The number of likely N-dealkylation sites (tertiary alicyclic amines) is 1. The van der Waals surface area contributed by atoms with Gasteiger partial charge in [-0.1, -0.05) is 6.07 Å². The van der Waals surface area contributed by atoms with Crippen LogP contribution in [0.4, 0.5) is 0 Å². The normalized spacial score (nSPS) is 19.8. The number of hydrogen-bond donors (Lipinski definition) is 0. The molecule has 0 amide bonds. The molecule has 0 radical (unpaired) electrons. The van der Waals surface area contributed by atoms with E-state index >= 15 is 0 Å². The van der Waals surface area contributed by atoms with E-state index in [0.717, 1.165) is 53.7 Å². The molecule has 0 aliphatic carbocycles. The molecule has 6 nitrogen and oxygen atoms in total. The zero-order valence-corrected chi connectivity index (χ0v) is 16.7. The molecule has 1 saturated heterocycles. The van der Waals surface area contributed by atoms with E-state index in [9.17, 15) is 4.79 Å². The minimum atomic E-state index is 0.00470. The molecule has 1 fully saturated rings. The van der Waals surface area contributed by atoms with Gasteiger partial charge < -0.3 is 9.47 Å². The summed E-state index contributed by atoms with van der Waals surface area (Å²) in [5, 5.41) is 1.98. The van der Waals surface area contributed by atoms with E-state index in [1.165, 1.54) is 16.9 Å². The molecule has 2 aromatic heterocycles. The van der Waals surface area contributed by atoms with Crippen molar-refractivity contribution >= 4 is 16.3 Å². The van der Waals surface area contributed by atoms with E-state index in [0.29, 0.717) is 25.8 Å². The third kappa shape index (κ3) is 3.18. The third-order valence-corrected chi connectivity index (χ3v) is 6.46. The van der Waals surface area contributed by atoms with Gasteiger partial charge in [-0.3, -0.25) is 14.1 Å². The highest BCUT2D eigenvalue weighted by molar-refractivity contribution is 7.15. The van der Waals surface area contributed by atoms with Crippen molar-refractivity contribution in [2.75, 3.05) is 19.8 Å². The van der Waals surface area contributed by atoms with Gasteiger partial charge in [0.1, 0.15) is 0 Å². The van der Waals surface area contributed by atoms with Crippen molar-refractivity contribution in [1.82, 2.24) is 14.3 Å². The van der Waals surface area contributed by atoms with Gasteiger partial charge in [-0.2, -0.15) is 0 Å². The van der Waals surface area contributed by atoms with Gasteiger partial charge in [-0.25, -0.2) is 4.98 Å². The maximum Gasteiger partial charge on any atom is 0.259 e. The number of ether oxygens (including phenoxy) is 2. The van der Waals surface area contributed by atoms with Crippen molar-refractivity contribution in [3.05, 3.63) is 57.0 Å². The predicted molar refractivity (Wildman–Crippen MR) is 109 cm³/mol. The third-order valence-electron chi connectivity index (χ3n) is 5.51. The minimum absolute atomic E-state index is 0.00470. The standard InChI is InChI=1S/C21H23N3O3S/c1-14-13-28-21-22-16(11-20(25)24(14)21)12-23-7-2-4-17(23)15-5-6-18-19(10-15)27-9-3-8-26-18/h5-6,10-11,13,17H,2-4,7-9,12H2,1H3/t17-/m1/s1. The summed E-state index contributed by atoms with van der Waals surface area (Å²) >= 11 is 1.52. The van der Waals surface area contributed by atoms with Crippen LogP contribution in [0.15, 0.2) is 34.4 Å². The molecule has 0 unspecified atom stereocenters. The van der Waals surface area contributed by atoms with Crippen LogP contribution in [-0.4, -0.2) is 34.0 Å². The maximum absolute atomic E-state index is 12.5. The molecule has 1 aromatic carbocycles. The average molecular weight is 398 g/mol. The lowest BCUT2D eigenvalue weighted by molar-refractivity contribution is 0.244. The molecule has 7 heteroatoms. The van der Waals surface area contributed by atoms with Gasteiger partial charge in [0.2, 0.25) is 0 Å². The number of benzene rings is 1. The molecule has 1 atom stereocenters. The topological polar surface area (TPSA) is 56.1 Å². The summed E-state index contributed by atoms with van der Waals surface area (Å²) in [6.45, 7) is 5.02. The van der Waals surface area contributed by atoms with Crippen LogP contribution < -0.4 is 15.0 Å². The highest BCUT2D eigenvalue weighted by atomic mass is 32.1. The van der Waals surface area contributed by atoms with Gasteiger partial charge in [0.25, 0.3) is 5.56 Å². The molecule has 5 rings (SSSR count). The van der Waals surface area contributed by atoms with Gasteiger partial charge in [0.05, 0.1) is 18.9 Å². The summed E-state index contributed by atoms with van der Waals surface area (Å²) in [7, 11) is 0. The molecule has 0 bridgehead atoms. The molecule has 3 aromatic rings. The monoisotopic (exact) mass is 397 g/mol. The molecule has 0 spiro atoms. The molecule has 2 aliphatic heterocycles. The van der Waals surface area contributed by atoms with Crippen LogP contribution in [-0.2, 0) is 6.54 Å². The summed E-state index contributed by atoms with van der Waals surface area (Å²) in [5.74, 6) is 1.67. The van der Waals surface area contributed by atoms with Crippen LogP contribution in [0.2, 0.25) is 0 Å². The molecular weight excluding hydrogens is 374 g/mol. The number of fused-ring (bicyclic) bond motifs is 2. The lowest BCUT2D eigenvalue weighted by Gasteiger charge is -2.25. The smallest absolute Gasteiger partial charge is 0.259 e. The molecule has 28 heavy (non-hydrogen) atoms. The van der Waals surface area contributed by atoms with Crippen molar-refractivity contribution in [1.29, 1.82) is 0 Å². The second-order valence-electron chi connectivity index (χ2n) is 7.47. The first-order valence-electron chi connectivity index (χ1n) is 9.79. The summed E-state index contributed by atoms with van der Waals surface area (Å²) in [5.41, 5.74) is 3.03. The van der Waals surface area contributed by atoms with Crippen LogP contribution >= 0.6 is 11.3 Å². The van der Waals surface area contributed by atoms with Gasteiger partial charge in [0.15, 0.2) is 16.5 Å². The van der Waals surface area contributed by atoms with E-state index < -0.39 is 0 Å². The lowest BCUT2D eigenvalue weighted by Crippen LogP contribution is -2.25. The van der Waals surface area contributed by atoms with Crippen LogP contribution in [0.1, 0.15) is 42.3 Å². The quantitative estimate of drug-likeness (QED) is 0.676. The predicted octanol–water partition coefficient (Wildman–Crippen LogP) is 3.56. The summed E-state index contributed by atoms with van der Waals surface area (Å²) < 4.78 is 13.3. The second-order valence-corrected chi connectivity index (χ2v) is 8.30. The molecule has 4 heterocycles. The average Bonchev–Trinajstić information content (AvgIpc) is 3.21. The van der Waals surface area contributed by atoms with Crippen molar-refractivity contribution in [2.45, 2.75) is 38.8 Å². The largest absolute Gasteiger partial charge is 0.490 e. The van der Waals surface area contributed by atoms with Crippen LogP contribution in [0.5, 0.6) is 11.5 Å². The first kappa shape index (κ1) is 17.7. The van der Waals surface area contributed by atoms with Crippen LogP contribution in [0.3, 0.4) is 0 Å². The fraction of sp³-hybridized carbons (Fsp3) is 0.429. The van der Waals surface area contributed by atoms with Gasteiger partial charge in [-0.05, 0) is 44.0 Å². The summed E-state index contributed by atoms with van der Waals surface area (Å²) in [6, 6.07) is 8.28. The van der Waals surface area contributed by atoms with Crippen molar-refractivity contribution < 1.29 is 9.47 Å². The number of aromatic nitrogens is 2. The Hall–Kier alpha value is -2.38. The van der Waals surface area contributed by atoms with Gasteiger partial charge >= 0.3 is 0 Å². The Morgan fingerprint density at radius 3 is 2.93 bits per heavy atom. The lowest BCUT2D eigenvalue weighted by atomic mass is 10.0. The van der Waals surface area contributed by atoms with Crippen LogP contribution in [0, 0.1) is 6.92 Å². The van der Waals surface area contributed by atoms with Crippen molar-refractivity contribution in [3.63, 3.8) is 0 Å². The fourth-order valence-corrected chi connectivity index (χ4v) is 5.06. The highest BCUT2D eigenvalue weighted by Crippen LogP contribution is 2.38. The Morgan fingerprint density at radius 2 is 2.04 bits per heavy atom. The van der Waals surface area contributed by atoms with Crippen LogP contribution in [0.25, 0.3) is 4.96 Å². The number of aryl methyl sites for hydroxylation is 1. The molecule has 146 valence electrons. The number of hydrogen-bond acceptors (Lipinski definition) is 6. The maximum atomic E-state index is 12.5. The second kappa shape index (κ2) is 7.22. The van der Waals surface area contributed by atoms with Crippen molar-refractivity contribution in [3.8, 4) is 11.5 Å². The Balaban J connectivity index is 1.42. The molecular formula is C21H23N3O3S. The number of rotatable bonds is 3. The van der Waals surface area contributed by atoms with E-state index in [4.69, 9.17) is 14.5 Å². The summed E-state index contributed by atoms with van der Waals surface area (Å²) in [6.07, 6.45) is 3.14. The van der Waals surface area contributed by atoms with E-state index in [1.807, 2.05) is 18.4 Å². The van der Waals surface area contributed by atoms with Gasteiger partial charge in [-0.15, -0.1) is 11.3 Å². The SMILES string of the molecule is Cc1csc2nc(CN3CCC[C@@H]3c3ccc4c(c3)OCCCO4)cc(=O)n12. The first-order valence-corrected chi connectivity index (χ1v) is 10.7. The Kier molecular flexibility index (Phi) is 4.56. The minimum Gasteiger partial charge on any atom is -0.490 e. The van der Waals surface area contributed by atoms with E-state index in [1.54, 1.807) is 10.5 Å². The molecule has 0 saturated carbocycles. The van der Waals surface area contributed by atoms with Gasteiger partial charge in [0, 0.05) is 36.1 Å². The number of thiazole rings is 1. The molecule has 2 aliphatic rings. The number of nitrogens with zero attached hydrogens (tertiary/aromatic N) is 3. The van der Waals surface area contributed by atoms with Crippen molar-refractivity contribution in [2.24, 2.45) is 0 Å². The zero-order chi connectivity index (χ0) is 19.1. The van der Waals surface area contributed by atoms with E-state index in [2.05, 4.69) is 17.0 Å². The summed E-state index contributed by atoms with van der Waals surface area (Å²) in [4.78, 5) is 20.4. The Morgan fingerprint density at radius 1 is 1.18 bits per heavy atom. The Bertz CT molecular complexity index is 1070. The zero-order valence-electron chi connectivity index (χ0n) is 15.9. The molecule has 0 N–H and O–H groups in total. The fourth-order valence-electron chi connectivity index (χ4n) is 4.17. The first-order chi connectivity index (χ1) is 13.7.